The minimum absolute atomic E-state index is 0.177. The van der Waals surface area contributed by atoms with Crippen LogP contribution in [0.25, 0.3) is 83.1 Å². The molecule has 0 saturated heterocycles. The second-order valence-corrected chi connectivity index (χ2v) is 18.2. The van der Waals surface area contributed by atoms with Crippen LogP contribution in [0, 0.1) is 6.92 Å². The third kappa shape index (κ3) is 6.48. The van der Waals surface area contributed by atoms with Crippen LogP contribution in [0.2, 0.25) is 0 Å². The molecule has 1 aromatic heterocycles. The van der Waals surface area contributed by atoms with Crippen LogP contribution in [-0.2, 0) is 5.41 Å². The first-order valence-corrected chi connectivity index (χ1v) is 23.0. The number of nitrogens with zero attached hydrogens (tertiary/aromatic N) is 2. The summed E-state index contributed by atoms with van der Waals surface area (Å²) in [7, 11) is 0. The summed E-state index contributed by atoms with van der Waals surface area (Å²) in [6, 6.07) is 87.1. The summed E-state index contributed by atoms with van der Waals surface area (Å²) < 4.78 is 2.43. The molecule has 0 unspecified atom stereocenters. The lowest BCUT2D eigenvalue weighted by atomic mass is 9.82. The van der Waals surface area contributed by atoms with Crippen molar-refractivity contribution in [2.45, 2.75) is 26.2 Å². The van der Waals surface area contributed by atoms with Crippen LogP contribution in [0.15, 0.2) is 237 Å². The van der Waals surface area contributed by atoms with E-state index in [2.05, 4.69) is 267 Å². The molecule has 1 heterocycles. The normalized spacial score (nSPS) is 12.6. The molecule has 0 aliphatic heterocycles. The Morgan fingerprint density at radius 1 is 0.364 bits per heavy atom. The first kappa shape index (κ1) is 39.4. The molecule has 0 spiro atoms. The molecule has 10 aromatic carbocycles. The van der Waals surface area contributed by atoms with Crippen molar-refractivity contribution in [3.05, 3.63) is 253 Å². The molecule has 66 heavy (non-hydrogen) atoms. The zero-order valence-electron chi connectivity index (χ0n) is 37.4. The maximum absolute atomic E-state index is 2.55. The number of hydrogen-bond donors (Lipinski definition) is 0. The second-order valence-electron chi connectivity index (χ2n) is 18.2. The summed E-state index contributed by atoms with van der Waals surface area (Å²) in [6.07, 6.45) is 0. The van der Waals surface area contributed by atoms with Crippen molar-refractivity contribution in [3.63, 3.8) is 0 Å². The van der Waals surface area contributed by atoms with Gasteiger partial charge < -0.3 is 9.47 Å². The van der Waals surface area contributed by atoms with Gasteiger partial charge in [-0.15, -0.1) is 0 Å². The van der Waals surface area contributed by atoms with Crippen LogP contribution < -0.4 is 4.90 Å². The molecule has 0 amide bonds. The highest BCUT2D eigenvalue weighted by Gasteiger charge is 2.36. The Morgan fingerprint density at radius 3 is 1.53 bits per heavy atom. The minimum Gasteiger partial charge on any atom is -0.309 e. The van der Waals surface area contributed by atoms with E-state index in [-0.39, 0.29) is 5.41 Å². The monoisotopic (exact) mass is 844 g/mol. The lowest BCUT2D eigenvalue weighted by molar-refractivity contribution is 0.660. The van der Waals surface area contributed by atoms with Crippen LogP contribution in [0.5, 0.6) is 0 Å². The lowest BCUT2D eigenvalue weighted by Gasteiger charge is -2.33. The van der Waals surface area contributed by atoms with Gasteiger partial charge in [0.2, 0.25) is 0 Å². The molecule has 2 nitrogen and oxygen atoms in total. The average molecular weight is 845 g/mol. The van der Waals surface area contributed by atoms with Gasteiger partial charge >= 0.3 is 0 Å². The maximum atomic E-state index is 2.55. The molecular weight excluding hydrogens is 797 g/mol. The smallest absolute Gasteiger partial charge is 0.0569 e. The van der Waals surface area contributed by atoms with E-state index in [1.54, 1.807) is 0 Å². The molecule has 2 heteroatoms. The van der Waals surface area contributed by atoms with Gasteiger partial charge in [0.05, 0.1) is 22.4 Å². The predicted molar refractivity (Wildman–Crippen MR) is 280 cm³/mol. The molecule has 1 aliphatic carbocycles. The van der Waals surface area contributed by atoms with Gasteiger partial charge in [0.15, 0.2) is 0 Å². The molecule has 0 bridgehead atoms. The number of anilines is 3. The first-order valence-electron chi connectivity index (χ1n) is 23.0. The highest BCUT2D eigenvalue weighted by atomic mass is 15.2. The number of para-hydroxylation sites is 2. The van der Waals surface area contributed by atoms with E-state index in [9.17, 15) is 0 Å². The van der Waals surface area contributed by atoms with Crippen molar-refractivity contribution in [2.24, 2.45) is 0 Å². The highest BCUT2D eigenvalue weighted by Crippen LogP contribution is 2.53. The summed E-state index contributed by atoms with van der Waals surface area (Å²) in [6.45, 7) is 7.04. The van der Waals surface area contributed by atoms with Gasteiger partial charge in [-0.2, -0.15) is 0 Å². The van der Waals surface area contributed by atoms with Crippen LogP contribution in [0.4, 0.5) is 17.1 Å². The van der Waals surface area contributed by atoms with Crippen molar-refractivity contribution in [2.75, 3.05) is 4.90 Å². The molecule has 314 valence electrons. The summed E-state index contributed by atoms with van der Waals surface area (Å²) in [5.41, 5.74) is 22.7. The number of aryl methyl sites for hydroxylation is 1. The summed E-state index contributed by atoms with van der Waals surface area (Å²) in [5, 5.41) is 2.50. The van der Waals surface area contributed by atoms with Crippen LogP contribution in [0.1, 0.15) is 30.5 Å². The molecule has 11 aromatic rings. The zero-order chi connectivity index (χ0) is 44.4. The maximum Gasteiger partial charge on any atom is 0.0569 e. The molecule has 0 saturated carbocycles. The van der Waals surface area contributed by atoms with Crippen LogP contribution >= 0.6 is 0 Å². The Kier molecular flexibility index (Phi) is 9.43. The van der Waals surface area contributed by atoms with Gasteiger partial charge in [0.1, 0.15) is 0 Å². The van der Waals surface area contributed by atoms with E-state index >= 15 is 0 Å². The van der Waals surface area contributed by atoms with E-state index in [0.29, 0.717) is 0 Å². The van der Waals surface area contributed by atoms with Gasteiger partial charge in [-0.3, -0.25) is 0 Å². The average Bonchev–Trinajstić information content (AvgIpc) is 3.83. The number of benzene rings is 10. The standard InChI is InChI=1S/C64H48N2/c1-43-39-49(46-33-31-45(32-34-46)44-19-7-4-8-20-44)40-57(48-23-11-6-12-24-48)63(43)66(51-35-37-53-52-25-13-16-28-58(52)64(2,3)59(53)42-51)62-38-36-50(41-56(62)47-21-9-5-10-22-47)65-60-29-17-14-26-54(60)55-27-15-18-30-61(55)65/h4-42H,1-3H3. The highest BCUT2D eigenvalue weighted by molar-refractivity contribution is 6.09. The Morgan fingerprint density at radius 2 is 0.879 bits per heavy atom. The van der Waals surface area contributed by atoms with Crippen molar-refractivity contribution in [1.29, 1.82) is 0 Å². The van der Waals surface area contributed by atoms with E-state index < -0.39 is 0 Å². The van der Waals surface area contributed by atoms with Gasteiger partial charge in [0.25, 0.3) is 0 Å². The predicted octanol–water partition coefficient (Wildman–Crippen LogP) is 17.5. The van der Waals surface area contributed by atoms with Gasteiger partial charge in [-0.25, -0.2) is 0 Å². The largest absolute Gasteiger partial charge is 0.309 e. The van der Waals surface area contributed by atoms with Crippen molar-refractivity contribution >= 4 is 38.9 Å². The zero-order valence-corrected chi connectivity index (χ0v) is 37.4. The summed E-state index contributed by atoms with van der Waals surface area (Å²) in [4.78, 5) is 2.55. The Hall–Kier alpha value is -8.20. The van der Waals surface area contributed by atoms with Crippen molar-refractivity contribution in [1.82, 2.24) is 4.57 Å². The second kappa shape index (κ2) is 15.8. The fourth-order valence-corrected chi connectivity index (χ4v) is 10.7. The molecule has 0 atom stereocenters. The van der Waals surface area contributed by atoms with Gasteiger partial charge in [0, 0.05) is 38.7 Å². The SMILES string of the molecule is Cc1cc(-c2ccc(-c3ccccc3)cc2)cc(-c2ccccc2)c1N(c1ccc2c(c1)C(C)(C)c1ccccc1-2)c1ccc(-n2c3ccccc3c3ccccc32)cc1-c1ccccc1. The molecule has 1 aliphatic rings. The fourth-order valence-electron chi connectivity index (χ4n) is 10.7. The Bertz CT molecular complexity index is 3550. The van der Waals surface area contributed by atoms with E-state index in [1.807, 2.05) is 0 Å². The molecule has 0 N–H and O–H groups in total. The minimum atomic E-state index is -0.177. The molecule has 12 rings (SSSR count). The topological polar surface area (TPSA) is 8.17 Å². The van der Waals surface area contributed by atoms with E-state index in [4.69, 9.17) is 0 Å². The number of aromatic nitrogens is 1. The van der Waals surface area contributed by atoms with Crippen molar-refractivity contribution < 1.29 is 0 Å². The van der Waals surface area contributed by atoms with Crippen molar-refractivity contribution in [3.8, 4) is 61.3 Å². The Labute approximate surface area is 387 Å². The van der Waals surface area contributed by atoms with Crippen LogP contribution in [-0.4, -0.2) is 4.57 Å². The quantitative estimate of drug-likeness (QED) is 0.148. The van der Waals surface area contributed by atoms with E-state index in [1.165, 1.54) is 83.0 Å². The van der Waals surface area contributed by atoms with Gasteiger partial charge in [-0.1, -0.05) is 196 Å². The van der Waals surface area contributed by atoms with Gasteiger partial charge in [-0.05, 0) is 123 Å². The third-order valence-corrected chi connectivity index (χ3v) is 13.9. The number of hydrogen-bond acceptors (Lipinski definition) is 1. The number of fused-ring (bicyclic) bond motifs is 6. The van der Waals surface area contributed by atoms with Crippen LogP contribution in [0.3, 0.4) is 0 Å². The molecular formula is C64H48N2. The summed E-state index contributed by atoms with van der Waals surface area (Å²) >= 11 is 0. The Balaban J connectivity index is 1.12. The summed E-state index contributed by atoms with van der Waals surface area (Å²) in [5.74, 6) is 0. The third-order valence-electron chi connectivity index (χ3n) is 13.9. The molecule has 0 fully saturated rings. The van der Waals surface area contributed by atoms with E-state index in [0.717, 1.165) is 33.9 Å². The fraction of sp³-hybridized carbons (Fsp3) is 0.0625. The lowest BCUT2D eigenvalue weighted by Crippen LogP contribution is -2.18. The number of rotatable bonds is 8. The first-order chi connectivity index (χ1) is 32.4. The molecule has 0 radical (unpaired) electrons.